The van der Waals surface area contributed by atoms with Crippen molar-refractivity contribution in [3.63, 3.8) is 0 Å². The van der Waals surface area contributed by atoms with Crippen LogP contribution < -0.4 is 16.3 Å². The van der Waals surface area contributed by atoms with Crippen molar-refractivity contribution in [3.05, 3.63) is 28.1 Å². The Morgan fingerprint density at radius 2 is 2.27 bits per heavy atom. The molecular formula is C13H13N5O3S. The Labute approximate surface area is 128 Å². The molecule has 0 saturated carbocycles. The molecule has 3 heterocycles. The van der Waals surface area contributed by atoms with Crippen LogP contribution >= 0.6 is 11.3 Å². The van der Waals surface area contributed by atoms with Crippen molar-refractivity contribution in [2.45, 2.75) is 19.4 Å². The molecule has 9 heteroatoms. The maximum Gasteiger partial charge on any atom is 0.271 e. The van der Waals surface area contributed by atoms with Gasteiger partial charge in [-0.05, 0) is 11.4 Å². The monoisotopic (exact) mass is 319 g/mol. The molecule has 8 nitrogen and oxygen atoms in total. The van der Waals surface area contributed by atoms with Crippen LogP contribution in [0, 0.1) is 0 Å². The summed E-state index contributed by atoms with van der Waals surface area (Å²) in [6, 6.07) is 1.79. The maximum absolute atomic E-state index is 12.2. The fourth-order valence-electron chi connectivity index (χ4n) is 2.07. The zero-order valence-corrected chi connectivity index (χ0v) is 12.4. The fourth-order valence-corrected chi connectivity index (χ4v) is 2.86. The Bertz CT molecular complexity index is 822. The molecule has 0 atom stereocenters. The normalized spacial score (nSPS) is 14.5. The van der Waals surface area contributed by atoms with Gasteiger partial charge in [0.2, 0.25) is 5.91 Å². The number of hydrazone groups is 1. The van der Waals surface area contributed by atoms with E-state index in [-0.39, 0.29) is 30.3 Å². The van der Waals surface area contributed by atoms with E-state index in [4.69, 9.17) is 0 Å². The van der Waals surface area contributed by atoms with Gasteiger partial charge in [0.05, 0.1) is 11.8 Å². The van der Waals surface area contributed by atoms with Crippen LogP contribution in [-0.2, 0) is 16.1 Å². The van der Waals surface area contributed by atoms with E-state index >= 15 is 0 Å². The van der Waals surface area contributed by atoms with E-state index < -0.39 is 0 Å². The lowest BCUT2D eigenvalue weighted by Gasteiger charge is -2.12. The van der Waals surface area contributed by atoms with E-state index in [0.29, 0.717) is 28.9 Å². The average Bonchev–Trinajstić information content (AvgIpc) is 2.99. The summed E-state index contributed by atoms with van der Waals surface area (Å²) in [4.78, 5) is 39.2. The molecule has 2 aromatic heterocycles. The largest absolute Gasteiger partial charge is 0.349 e. The number of rotatable bonds is 4. The Kier molecular flexibility index (Phi) is 3.96. The first-order valence-electron chi connectivity index (χ1n) is 6.71. The van der Waals surface area contributed by atoms with Gasteiger partial charge in [0.25, 0.3) is 11.5 Å². The molecular weight excluding hydrogens is 306 g/mol. The summed E-state index contributed by atoms with van der Waals surface area (Å²) in [5.74, 6) is -0.531. The van der Waals surface area contributed by atoms with Gasteiger partial charge < -0.3 is 5.32 Å². The number of nitrogens with one attached hydrogen (secondary N) is 2. The van der Waals surface area contributed by atoms with E-state index in [1.807, 2.05) is 5.38 Å². The van der Waals surface area contributed by atoms with Crippen LogP contribution in [0.25, 0.3) is 10.2 Å². The number of carbonyl (C=O) groups is 2. The molecule has 22 heavy (non-hydrogen) atoms. The van der Waals surface area contributed by atoms with Gasteiger partial charge in [-0.1, -0.05) is 0 Å². The van der Waals surface area contributed by atoms with E-state index in [0.717, 1.165) is 0 Å². The van der Waals surface area contributed by atoms with Gasteiger partial charge in [0, 0.05) is 25.9 Å². The number of carbonyl (C=O) groups excluding carboxylic acids is 2. The van der Waals surface area contributed by atoms with Gasteiger partial charge in [0.15, 0.2) is 0 Å². The van der Waals surface area contributed by atoms with Crippen molar-refractivity contribution in [3.8, 4) is 0 Å². The zero-order valence-electron chi connectivity index (χ0n) is 11.5. The second-order valence-electron chi connectivity index (χ2n) is 4.73. The molecule has 1 aliphatic rings. The average molecular weight is 319 g/mol. The van der Waals surface area contributed by atoms with E-state index in [9.17, 15) is 14.4 Å². The predicted octanol–water partition coefficient (Wildman–Crippen LogP) is -0.160. The Morgan fingerprint density at radius 3 is 3.05 bits per heavy atom. The minimum atomic E-state index is -0.335. The first-order valence-corrected chi connectivity index (χ1v) is 7.59. The lowest BCUT2D eigenvalue weighted by Crippen LogP contribution is -2.38. The molecule has 1 aliphatic heterocycles. The zero-order chi connectivity index (χ0) is 15.5. The number of nitrogens with zero attached hydrogens (tertiary/aromatic N) is 3. The van der Waals surface area contributed by atoms with Crippen LogP contribution in [0.5, 0.6) is 0 Å². The van der Waals surface area contributed by atoms with Crippen LogP contribution in [0.15, 0.2) is 27.7 Å². The molecule has 2 N–H and O–H groups in total. The smallest absolute Gasteiger partial charge is 0.271 e. The summed E-state index contributed by atoms with van der Waals surface area (Å²) in [6.07, 6.45) is 2.05. The van der Waals surface area contributed by atoms with Crippen molar-refractivity contribution in [2.75, 3.05) is 6.54 Å². The van der Waals surface area contributed by atoms with E-state index in [1.165, 1.54) is 22.2 Å². The first-order chi connectivity index (χ1) is 10.6. The topological polar surface area (TPSA) is 105 Å². The predicted molar refractivity (Wildman–Crippen MR) is 81.7 cm³/mol. The van der Waals surface area contributed by atoms with Crippen LogP contribution in [-0.4, -0.2) is 33.6 Å². The molecule has 0 bridgehead atoms. The molecule has 0 spiro atoms. The Morgan fingerprint density at radius 1 is 1.41 bits per heavy atom. The van der Waals surface area contributed by atoms with Gasteiger partial charge in [-0.2, -0.15) is 5.10 Å². The number of hydrogen-bond acceptors (Lipinski definition) is 6. The quantitative estimate of drug-likeness (QED) is 0.817. The third-order valence-corrected chi connectivity index (χ3v) is 4.13. The number of aromatic nitrogens is 2. The van der Waals surface area contributed by atoms with Crippen molar-refractivity contribution in [1.29, 1.82) is 0 Å². The molecule has 2 amide bonds. The standard InChI is InChI=1S/C13H13N5O3S/c19-10-2-1-9(16-17-10)12(20)14-4-5-18-7-15-8-3-6-22-11(8)13(18)21/h3,6-7H,1-2,4-5H2,(H,14,20)(H,17,19). The highest BCUT2D eigenvalue weighted by molar-refractivity contribution is 7.17. The summed E-state index contributed by atoms with van der Waals surface area (Å²) >= 11 is 1.35. The third kappa shape index (κ3) is 2.89. The molecule has 114 valence electrons. The summed E-state index contributed by atoms with van der Waals surface area (Å²) in [5, 5.41) is 8.21. The van der Waals surface area contributed by atoms with Crippen LogP contribution in [0.3, 0.4) is 0 Å². The number of thiophene rings is 1. The molecule has 2 aromatic rings. The van der Waals surface area contributed by atoms with Crippen LogP contribution in [0.1, 0.15) is 12.8 Å². The summed E-state index contributed by atoms with van der Waals surface area (Å²) < 4.78 is 2.07. The summed E-state index contributed by atoms with van der Waals surface area (Å²) in [5.41, 5.74) is 3.13. The van der Waals surface area contributed by atoms with Gasteiger partial charge in [0.1, 0.15) is 10.4 Å². The highest BCUT2D eigenvalue weighted by Crippen LogP contribution is 2.12. The maximum atomic E-state index is 12.2. The summed E-state index contributed by atoms with van der Waals surface area (Å²) in [7, 11) is 0. The highest BCUT2D eigenvalue weighted by Gasteiger charge is 2.17. The molecule has 0 aromatic carbocycles. The van der Waals surface area contributed by atoms with Crippen molar-refractivity contribution >= 4 is 39.1 Å². The van der Waals surface area contributed by atoms with E-state index in [2.05, 4.69) is 20.8 Å². The second kappa shape index (κ2) is 6.06. The van der Waals surface area contributed by atoms with Crippen molar-refractivity contribution in [1.82, 2.24) is 20.3 Å². The summed E-state index contributed by atoms with van der Waals surface area (Å²) in [6.45, 7) is 0.606. The lowest BCUT2D eigenvalue weighted by atomic mass is 10.1. The van der Waals surface area contributed by atoms with Crippen molar-refractivity contribution < 1.29 is 9.59 Å². The van der Waals surface area contributed by atoms with Crippen LogP contribution in [0.4, 0.5) is 0 Å². The molecule has 0 aliphatic carbocycles. The highest BCUT2D eigenvalue weighted by atomic mass is 32.1. The SMILES string of the molecule is O=C1CCC(C(=O)NCCn2cnc3ccsc3c2=O)=NN1. The van der Waals surface area contributed by atoms with Gasteiger partial charge in [-0.25, -0.2) is 10.4 Å². The first kappa shape index (κ1) is 14.4. The minimum Gasteiger partial charge on any atom is -0.349 e. The third-order valence-electron chi connectivity index (χ3n) is 3.24. The number of fused-ring (bicyclic) bond motifs is 1. The van der Waals surface area contributed by atoms with Crippen molar-refractivity contribution in [2.24, 2.45) is 5.10 Å². The Balaban J connectivity index is 1.60. The fraction of sp³-hybridized carbons (Fsp3) is 0.308. The molecule has 0 fully saturated rings. The van der Waals surface area contributed by atoms with Gasteiger partial charge in [-0.3, -0.25) is 19.0 Å². The molecule has 0 unspecified atom stereocenters. The number of amides is 2. The molecule has 0 saturated heterocycles. The molecule has 0 radical (unpaired) electrons. The van der Waals surface area contributed by atoms with Gasteiger partial charge in [-0.15, -0.1) is 11.3 Å². The Hall–Kier alpha value is -2.55. The van der Waals surface area contributed by atoms with E-state index in [1.54, 1.807) is 6.07 Å². The second-order valence-corrected chi connectivity index (χ2v) is 5.64. The van der Waals surface area contributed by atoms with Crippen LogP contribution in [0.2, 0.25) is 0 Å². The molecule has 3 rings (SSSR count). The minimum absolute atomic E-state index is 0.114. The lowest BCUT2D eigenvalue weighted by molar-refractivity contribution is -0.121. The number of hydrogen-bond donors (Lipinski definition) is 2. The van der Waals surface area contributed by atoms with Gasteiger partial charge >= 0.3 is 0 Å².